The normalized spacial score (nSPS) is 9.81. The van der Waals surface area contributed by atoms with Crippen LogP contribution >= 0.6 is 0 Å². The van der Waals surface area contributed by atoms with Crippen LogP contribution in [0.5, 0.6) is 0 Å². The summed E-state index contributed by atoms with van der Waals surface area (Å²) in [5.41, 5.74) is 3.05. The van der Waals surface area contributed by atoms with Crippen molar-refractivity contribution in [3.63, 3.8) is 0 Å². The number of rotatable bonds is 9. The third kappa shape index (κ3) is 9.82. The van der Waals surface area contributed by atoms with E-state index in [-0.39, 0.29) is 55.8 Å². The standard InChI is InChI=1S/C12H14O4.C12H14O3/c1-16-12(15)7-6-11(14)10-4-2-9(8-13)3-5-10;1-9-3-5-10(6-4-9)11(13)7-8-12(14)15-2/h2-5,13H,6-8H2,1H3;3-6H,7-8H2,1-2H3. The first kappa shape index (κ1) is 25.7. The number of hydrogen-bond donors (Lipinski definition) is 1. The van der Waals surface area contributed by atoms with E-state index < -0.39 is 0 Å². The molecule has 0 aliphatic rings. The summed E-state index contributed by atoms with van der Waals surface area (Å²) >= 11 is 0. The van der Waals surface area contributed by atoms with E-state index in [9.17, 15) is 19.2 Å². The second-order valence-corrected chi connectivity index (χ2v) is 6.72. The van der Waals surface area contributed by atoms with E-state index in [1.54, 1.807) is 36.4 Å². The quantitative estimate of drug-likeness (QED) is 0.481. The third-order valence-corrected chi connectivity index (χ3v) is 4.40. The number of methoxy groups -OCH3 is 2. The van der Waals surface area contributed by atoms with Crippen LogP contribution in [0.4, 0.5) is 0 Å². The molecule has 0 heterocycles. The van der Waals surface area contributed by atoms with Gasteiger partial charge in [-0.2, -0.15) is 0 Å². The zero-order valence-electron chi connectivity index (χ0n) is 18.1. The van der Waals surface area contributed by atoms with E-state index in [0.29, 0.717) is 11.1 Å². The molecular formula is C24H28O7. The van der Waals surface area contributed by atoms with Crippen LogP contribution in [0.25, 0.3) is 0 Å². The maximum atomic E-state index is 11.6. The van der Waals surface area contributed by atoms with Gasteiger partial charge in [0, 0.05) is 24.0 Å². The number of hydrogen-bond acceptors (Lipinski definition) is 7. The summed E-state index contributed by atoms with van der Waals surface area (Å²) in [5, 5.41) is 8.83. The summed E-state index contributed by atoms with van der Waals surface area (Å²) in [6.07, 6.45) is 0.584. The summed E-state index contributed by atoms with van der Waals surface area (Å²) in [6.45, 7) is 1.92. The zero-order chi connectivity index (χ0) is 23.2. The van der Waals surface area contributed by atoms with Crippen molar-refractivity contribution in [2.45, 2.75) is 39.2 Å². The Morgan fingerprint density at radius 1 is 0.677 bits per heavy atom. The fourth-order valence-electron chi connectivity index (χ4n) is 2.46. The number of esters is 2. The second-order valence-electron chi connectivity index (χ2n) is 6.72. The molecule has 0 radical (unpaired) electrons. The minimum atomic E-state index is -0.389. The summed E-state index contributed by atoms with van der Waals surface area (Å²) < 4.78 is 8.91. The van der Waals surface area contributed by atoms with Gasteiger partial charge in [-0.3, -0.25) is 19.2 Å². The molecule has 0 saturated carbocycles. The molecule has 0 aliphatic carbocycles. The van der Waals surface area contributed by atoms with Crippen molar-refractivity contribution in [3.8, 4) is 0 Å². The topological polar surface area (TPSA) is 107 Å². The fourth-order valence-corrected chi connectivity index (χ4v) is 2.46. The molecule has 0 atom stereocenters. The van der Waals surface area contributed by atoms with E-state index in [2.05, 4.69) is 9.47 Å². The van der Waals surface area contributed by atoms with Crippen LogP contribution in [0.3, 0.4) is 0 Å². The molecule has 1 N–H and O–H groups in total. The maximum Gasteiger partial charge on any atom is 0.305 e. The number of benzene rings is 2. The molecular weight excluding hydrogens is 400 g/mol. The molecule has 2 aromatic carbocycles. The van der Waals surface area contributed by atoms with Gasteiger partial charge in [0.1, 0.15) is 0 Å². The maximum absolute atomic E-state index is 11.6. The largest absolute Gasteiger partial charge is 0.469 e. The van der Waals surface area contributed by atoms with E-state index in [1.165, 1.54) is 14.2 Å². The second kappa shape index (κ2) is 13.8. The van der Waals surface area contributed by atoms with Crippen molar-refractivity contribution in [1.29, 1.82) is 0 Å². The molecule has 0 saturated heterocycles. The Morgan fingerprint density at radius 2 is 1.06 bits per heavy atom. The van der Waals surface area contributed by atoms with E-state index in [0.717, 1.165) is 11.1 Å². The fraction of sp³-hybridized carbons (Fsp3) is 0.333. The predicted octanol–water partition coefficient (Wildman–Crippen LogP) is 3.45. The SMILES string of the molecule is COC(=O)CCC(=O)c1ccc(C)cc1.COC(=O)CCC(=O)c1ccc(CO)cc1. The highest BCUT2D eigenvalue weighted by Crippen LogP contribution is 2.09. The lowest BCUT2D eigenvalue weighted by Crippen LogP contribution is -2.06. The Hall–Kier alpha value is -3.32. The number of ether oxygens (including phenoxy) is 2. The highest BCUT2D eigenvalue weighted by atomic mass is 16.5. The van der Waals surface area contributed by atoms with Crippen molar-refractivity contribution in [2.24, 2.45) is 0 Å². The Labute approximate surface area is 182 Å². The van der Waals surface area contributed by atoms with Gasteiger partial charge in [-0.1, -0.05) is 54.1 Å². The zero-order valence-corrected chi connectivity index (χ0v) is 18.1. The summed E-state index contributed by atoms with van der Waals surface area (Å²) in [7, 11) is 2.61. The molecule has 0 fully saturated rings. The van der Waals surface area contributed by atoms with Crippen LogP contribution in [0.2, 0.25) is 0 Å². The smallest absolute Gasteiger partial charge is 0.305 e. The lowest BCUT2D eigenvalue weighted by molar-refractivity contribution is -0.141. The number of aliphatic hydroxyl groups is 1. The molecule has 0 aromatic heterocycles. The van der Waals surface area contributed by atoms with Crippen LogP contribution < -0.4 is 0 Å². The first-order chi connectivity index (χ1) is 14.8. The van der Waals surface area contributed by atoms with Gasteiger partial charge in [0.05, 0.1) is 33.7 Å². The van der Waals surface area contributed by atoms with Crippen molar-refractivity contribution >= 4 is 23.5 Å². The van der Waals surface area contributed by atoms with Crippen molar-refractivity contribution in [3.05, 3.63) is 70.8 Å². The van der Waals surface area contributed by atoms with Crippen molar-refractivity contribution in [2.75, 3.05) is 14.2 Å². The predicted molar refractivity (Wildman–Crippen MR) is 115 cm³/mol. The first-order valence-electron chi connectivity index (χ1n) is 9.77. The molecule has 7 heteroatoms. The van der Waals surface area contributed by atoms with Gasteiger partial charge < -0.3 is 14.6 Å². The molecule has 166 valence electrons. The van der Waals surface area contributed by atoms with Gasteiger partial charge in [0.25, 0.3) is 0 Å². The Kier molecular flexibility index (Phi) is 11.5. The van der Waals surface area contributed by atoms with Crippen LogP contribution in [0.15, 0.2) is 48.5 Å². The number of carbonyl (C=O) groups excluding carboxylic acids is 4. The number of Topliss-reactive ketones (excluding diaryl/α,β-unsaturated/α-hetero) is 2. The molecule has 0 amide bonds. The van der Waals surface area contributed by atoms with E-state index >= 15 is 0 Å². The minimum Gasteiger partial charge on any atom is -0.469 e. The summed E-state index contributed by atoms with van der Waals surface area (Å²) in [5.74, 6) is -0.869. The lowest BCUT2D eigenvalue weighted by Gasteiger charge is -2.01. The highest BCUT2D eigenvalue weighted by Gasteiger charge is 2.09. The molecule has 0 spiro atoms. The lowest BCUT2D eigenvalue weighted by atomic mass is 10.1. The number of ketones is 2. The van der Waals surface area contributed by atoms with Crippen LogP contribution in [0, 0.1) is 6.92 Å². The van der Waals surface area contributed by atoms with Crippen LogP contribution in [0.1, 0.15) is 57.5 Å². The number of aliphatic hydroxyl groups excluding tert-OH is 1. The van der Waals surface area contributed by atoms with Crippen molar-refractivity contribution in [1.82, 2.24) is 0 Å². The average Bonchev–Trinajstić information content (AvgIpc) is 2.81. The first-order valence-corrected chi connectivity index (χ1v) is 9.77. The van der Waals surface area contributed by atoms with Gasteiger partial charge >= 0.3 is 11.9 Å². The molecule has 0 aliphatic heterocycles. The third-order valence-electron chi connectivity index (χ3n) is 4.40. The van der Waals surface area contributed by atoms with Gasteiger partial charge in [0.15, 0.2) is 11.6 Å². The van der Waals surface area contributed by atoms with Gasteiger partial charge in [-0.25, -0.2) is 0 Å². The molecule has 31 heavy (non-hydrogen) atoms. The van der Waals surface area contributed by atoms with Gasteiger partial charge in [-0.15, -0.1) is 0 Å². The molecule has 0 bridgehead atoms. The molecule has 2 rings (SSSR count). The minimum absolute atomic E-state index is 0.0274. The Bertz CT molecular complexity index is 868. The molecule has 2 aromatic rings. The van der Waals surface area contributed by atoms with Crippen LogP contribution in [-0.4, -0.2) is 42.8 Å². The number of aryl methyl sites for hydroxylation is 1. The molecule has 7 nitrogen and oxygen atoms in total. The van der Waals surface area contributed by atoms with Gasteiger partial charge in [-0.05, 0) is 12.5 Å². The van der Waals surface area contributed by atoms with Gasteiger partial charge in [0.2, 0.25) is 0 Å². The van der Waals surface area contributed by atoms with Crippen LogP contribution in [-0.2, 0) is 25.7 Å². The Balaban J connectivity index is 0.000000311. The monoisotopic (exact) mass is 428 g/mol. The highest BCUT2D eigenvalue weighted by molar-refractivity contribution is 5.98. The summed E-state index contributed by atoms with van der Waals surface area (Å²) in [4.78, 5) is 44.8. The average molecular weight is 428 g/mol. The Morgan fingerprint density at radius 3 is 1.42 bits per heavy atom. The van der Waals surface area contributed by atoms with E-state index in [1.807, 2.05) is 19.1 Å². The van der Waals surface area contributed by atoms with Crippen molar-refractivity contribution < 1.29 is 33.8 Å². The summed E-state index contributed by atoms with van der Waals surface area (Å²) in [6, 6.07) is 14.0. The number of carbonyl (C=O) groups is 4. The van der Waals surface area contributed by atoms with E-state index in [4.69, 9.17) is 5.11 Å². The molecule has 0 unspecified atom stereocenters.